The number of benzene rings is 1. The molecule has 0 saturated carbocycles. The minimum Gasteiger partial charge on any atom is -0.341 e. The SMILES string of the molecule is CN(CCC#N)C(=O)/C=C/c1ccc(-c2ccc(Br)cc2)s1. The van der Waals surface area contributed by atoms with Gasteiger partial charge in [0.2, 0.25) is 5.91 Å². The number of hydrogen-bond acceptors (Lipinski definition) is 3. The van der Waals surface area contributed by atoms with Gasteiger partial charge in [0.25, 0.3) is 0 Å². The van der Waals surface area contributed by atoms with Crippen LogP contribution in [0.2, 0.25) is 0 Å². The Labute approximate surface area is 142 Å². The van der Waals surface area contributed by atoms with E-state index in [1.54, 1.807) is 29.4 Å². The standard InChI is InChI=1S/C17H15BrN2OS/c1-20(12-2-11-19)17(21)10-8-15-7-9-16(22-15)13-3-5-14(18)6-4-13/h3-10H,2,12H2,1H3/b10-8+. The predicted molar refractivity (Wildman–Crippen MR) is 94.4 cm³/mol. The zero-order valence-electron chi connectivity index (χ0n) is 12.1. The third-order valence-electron chi connectivity index (χ3n) is 3.08. The van der Waals surface area contributed by atoms with Gasteiger partial charge in [-0.05, 0) is 35.9 Å². The number of carbonyl (C=O) groups excluding carboxylic acids is 1. The van der Waals surface area contributed by atoms with Gasteiger partial charge < -0.3 is 4.90 Å². The maximum absolute atomic E-state index is 11.9. The first-order valence-corrected chi connectivity index (χ1v) is 8.37. The number of carbonyl (C=O) groups is 1. The van der Waals surface area contributed by atoms with Gasteiger partial charge in [-0.1, -0.05) is 28.1 Å². The normalized spacial score (nSPS) is 10.6. The number of nitrogens with zero attached hydrogens (tertiary/aromatic N) is 2. The van der Waals surface area contributed by atoms with Gasteiger partial charge in [0, 0.05) is 33.9 Å². The van der Waals surface area contributed by atoms with Crippen molar-refractivity contribution in [2.75, 3.05) is 13.6 Å². The summed E-state index contributed by atoms with van der Waals surface area (Å²) in [5.74, 6) is -0.0890. The van der Waals surface area contributed by atoms with E-state index in [1.807, 2.05) is 30.3 Å². The molecule has 0 saturated heterocycles. The maximum Gasteiger partial charge on any atom is 0.246 e. The van der Waals surface area contributed by atoms with Crippen LogP contribution in [0.25, 0.3) is 16.5 Å². The van der Waals surface area contributed by atoms with E-state index >= 15 is 0 Å². The third kappa shape index (κ3) is 4.55. The minimum atomic E-state index is -0.0890. The molecule has 0 aliphatic heterocycles. The second-order valence-electron chi connectivity index (χ2n) is 4.71. The number of halogens is 1. The van der Waals surface area contributed by atoms with Crippen LogP contribution in [-0.2, 0) is 4.79 Å². The summed E-state index contributed by atoms with van der Waals surface area (Å²) in [5, 5.41) is 8.53. The zero-order valence-corrected chi connectivity index (χ0v) is 14.5. The van der Waals surface area contributed by atoms with Crippen molar-refractivity contribution in [2.45, 2.75) is 6.42 Å². The second kappa shape index (κ2) is 7.92. The molecule has 0 unspecified atom stereocenters. The van der Waals surface area contributed by atoms with Gasteiger partial charge in [-0.3, -0.25) is 4.79 Å². The lowest BCUT2D eigenvalue weighted by molar-refractivity contribution is -0.124. The topological polar surface area (TPSA) is 44.1 Å². The Morgan fingerprint density at radius 1 is 1.32 bits per heavy atom. The molecule has 0 fully saturated rings. The molecule has 0 radical (unpaired) electrons. The molecule has 5 heteroatoms. The van der Waals surface area contributed by atoms with Gasteiger partial charge >= 0.3 is 0 Å². The maximum atomic E-state index is 11.9. The molecule has 0 atom stereocenters. The number of nitriles is 1. The summed E-state index contributed by atoms with van der Waals surface area (Å²) in [4.78, 5) is 15.6. The quantitative estimate of drug-likeness (QED) is 0.719. The monoisotopic (exact) mass is 374 g/mol. The first-order valence-electron chi connectivity index (χ1n) is 6.76. The van der Waals surface area contributed by atoms with Gasteiger partial charge in [-0.15, -0.1) is 11.3 Å². The van der Waals surface area contributed by atoms with Crippen LogP contribution in [0.4, 0.5) is 0 Å². The van der Waals surface area contributed by atoms with E-state index in [1.165, 1.54) is 0 Å². The van der Waals surface area contributed by atoms with Crippen LogP contribution in [0.3, 0.4) is 0 Å². The van der Waals surface area contributed by atoms with E-state index in [-0.39, 0.29) is 5.91 Å². The number of hydrogen-bond donors (Lipinski definition) is 0. The number of likely N-dealkylation sites (N-methyl/N-ethyl adjacent to an activating group) is 1. The molecule has 1 heterocycles. The minimum absolute atomic E-state index is 0.0890. The third-order valence-corrected chi connectivity index (χ3v) is 4.71. The van der Waals surface area contributed by atoms with Crippen LogP contribution in [0, 0.1) is 11.3 Å². The van der Waals surface area contributed by atoms with Crippen molar-refractivity contribution in [3.8, 4) is 16.5 Å². The lowest BCUT2D eigenvalue weighted by Crippen LogP contribution is -2.25. The van der Waals surface area contributed by atoms with Crippen LogP contribution >= 0.6 is 27.3 Å². The molecule has 0 aliphatic rings. The van der Waals surface area contributed by atoms with E-state index in [9.17, 15) is 4.79 Å². The summed E-state index contributed by atoms with van der Waals surface area (Å²) in [6.45, 7) is 0.453. The molecule has 3 nitrogen and oxygen atoms in total. The molecule has 22 heavy (non-hydrogen) atoms. The number of amides is 1. The fourth-order valence-electron chi connectivity index (χ4n) is 1.82. The molecular weight excluding hydrogens is 360 g/mol. The van der Waals surface area contributed by atoms with Crippen LogP contribution in [0.15, 0.2) is 46.9 Å². The van der Waals surface area contributed by atoms with E-state index in [2.05, 4.69) is 34.1 Å². The molecule has 0 bridgehead atoms. The Bertz CT molecular complexity index is 713. The van der Waals surface area contributed by atoms with Gasteiger partial charge in [0.1, 0.15) is 0 Å². The summed E-state index contributed by atoms with van der Waals surface area (Å²) < 4.78 is 1.05. The molecule has 0 spiro atoms. The average molecular weight is 375 g/mol. The van der Waals surface area contributed by atoms with Gasteiger partial charge in [0.15, 0.2) is 0 Å². The van der Waals surface area contributed by atoms with Crippen molar-refractivity contribution in [2.24, 2.45) is 0 Å². The van der Waals surface area contributed by atoms with Crippen molar-refractivity contribution >= 4 is 39.2 Å². The zero-order chi connectivity index (χ0) is 15.9. The van der Waals surface area contributed by atoms with Crippen molar-refractivity contribution in [1.82, 2.24) is 4.90 Å². The fraction of sp³-hybridized carbons (Fsp3) is 0.176. The molecule has 1 aromatic heterocycles. The van der Waals surface area contributed by atoms with Crippen LogP contribution in [0.1, 0.15) is 11.3 Å². The summed E-state index contributed by atoms with van der Waals surface area (Å²) in [6.07, 6.45) is 3.72. The van der Waals surface area contributed by atoms with E-state index < -0.39 is 0 Å². The number of thiophene rings is 1. The van der Waals surface area contributed by atoms with E-state index in [4.69, 9.17) is 5.26 Å². The fourth-order valence-corrected chi connectivity index (χ4v) is 3.00. The predicted octanol–water partition coefficient (Wildman–Crippen LogP) is 4.56. The molecule has 1 amide bonds. The largest absolute Gasteiger partial charge is 0.341 e. The second-order valence-corrected chi connectivity index (χ2v) is 6.74. The first kappa shape index (κ1) is 16.5. The van der Waals surface area contributed by atoms with Gasteiger partial charge in [0.05, 0.1) is 12.5 Å². The van der Waals surface area contributed by atoms with Crippen molar-refractivity contribution in [1.29, 1.82) is 5.26 Å². The Kier molecular flexibility index (Phi) is 5.93. The number of rotatable bonds is 5. The highest BCUT2D eigenvalue weighted by Gasteiger charge is 2.05. The lowest BCUT2D eigenvalue weighted by Gasteiger charge is -2.11. The van der Waals surface area contributed by atoms with Crippen LogP contribution in [0.5, 0.6) is 0 Å². The summed E-state index contributed by atoms with van der Waals surface area (Å²) in [6, 6.07) is 14.2. The first-order chi connectivity index (χ1) is 10.6. The highest BCUT2D eigenvalue weighted by Crippen LogP contribution is 2.29. The Morgan fingerprint density at radius 2 is 2.05 bits per heavy atom. The molecule has 1 aromatic carbocycles. The Morgan fingerprint density at radius 3 is 2.73 bits per heavy atom. The van der Waals surface area contributed by atoms with Crippen LogP contribution in [-0.4, -0.2) is 24.4 Å². The molecule has 112 valence electrons. The van der Waals surface area contributed by atoms with Crippen molar-refractivity contribution in [3.05, 3.63) is 51.8 Å². The van der Waals surface area contributed by atoms with Gasteiger partial charge in [-0.25, -0.2) is 0 Å². The lowest BCUT2D eigenvalue weighted by atomic mass is 10.2. The van der Waals surface area contributed by atoms with Crippen molar-refractivity contribution in [3.63, 3.8) is 0 Å². The molecule has 2 rings (SSSR count). The molecule has 2 aromatic rings. The summed E-state index contributed by atoms with van der Waals surface area (Å²) >= 11 is 5.06. The highest BCUT2D eigenvalue weighted by molar-refractivity contribution is 9.10. The smallest absolute Gasteiger partial charge is 0.246 e. The molecule has 0 aliphatic carbocycles. The molecule has 0 N–H and O–H groups in total. The average Bonchev–Trinajstić information content (AvgIpc) is 2.99. The summed E-state index contributed by atoms with van der Waals surface area (Å²) in [5.41, 5.74) is 1.16. The van der Waals surface area contributed by atoms with Crippen LogP contribution < -0.4 is 0 Å². The highest BCUT2D eigenvalue weighted by atomic mass is 79.9. The Balaban J connectivity index is 2.03. The summed E-state index contributed by atoms with van der Waals surface area (Å²) in [7, 11) is 1.70. The van der Waals surface area contributed by atoms with Gasteiger partial charge in [-0.2, -0.15) is 5.26 Å². The van der Waals surface area contributed by atoms with Crippen molar-refractivity contribution < 1.29 is 4.79 Å². The van der Waals surface area contributed by atoms with E-state index in [0.29, 0.717) is 13.0 Å². The van der Waals surface area contributed by atoms with E-state index in [0.717, 1.165) is 19.8 Å². The molecular formula is C17H15BrN2OS. The Hall–Kier alpha value is -1.90.